The zero-order chi connectivity index (χ0) is 14.2. The molecule has 0 spiro atoms. The summed E-state index contributed by atoms with van der Waals surface area (Å²) in [7, 11) is 0. The standard InChI is InChI=1S/C16H23N3O.ClH/c1-2-12-19(15-8-10-17-11-9-15)16(20)18-13-14-6-4-3-5-7-14;/h2-7,15,17H,1,8-13H2,(H,18,20);1H. The number of carbonyl (C=O) groups is 1. The van der Waals surface area contributed by atoms with Crippen LogP contribution in [0.4, 0.5) is 4.79 Å². The lowest BCUT2D eigenvalue weighted by molar-refractivity contribution is 0.167. The van der Waals surface area contributed by atoms with Crippen molar-refractivity contribution in [3.05, 3.63) is 48.6 Å². The molecule has 1 aliphatic heterocycles. The van der Waals surface area contributed by atoms with Crippen LogP contribution in [-0.4, -0.2) is 36.6 Å². The molecule has 5 heteroatoms. The first kappa shape index (κ1) is 17.5. The van der Waals surface area contributed by atoms with Gasteiger partial charge >= 0.3 is 6.03 Å². The molecule has 0 aromatic heterocycles. The average Bonchev–Trinajstić information content (AvgIpc) is 2.52. The summed E-state index contributed by atoms with van der Waals surface area (Å²) in [5.41, 5.74) is 1.12. The lowest BCUT2D eigenvalue weighted by atomic mass is 10.1. The molecule has 1 heterocycles. The van der Waals surface area contributed by atoms with Crippen molar-refractivity contribution in [2.45, 2.75) is 25.4 Å². The third-order valence-electron chi connectivity index (χ3n) is 3.62. The number of nitrogens with zero attached hydrogens (tertiary/aromatic N) is 1. The topological polar surface area (TPSA) is 44.4 Å². The van der Waals surface area contributed by atoms with E-state index in [-0.39, 0.29) is 18.4 Å². The van der Waals surface area contributed by atoms with Crippen molar-refractivity contribution in [1.82, 2.24) is 15.5 Å². The van der Waals surface area contributed by atoms with E-state index in [9.17, 15) is 4.79 Å². The maximum atomic E-state index is 12.4. The van der Waals surface area contributed by atoms with Gasteiger partial charge in [-0.1, -0.05) is 36.4 Å². The highest BCUT2D eigenvalue weighted by atomic mass is 35.5. The molecule has 2 rings (SSSR count). The Morgan fingerprint density at radius 1 is 1.33 bits per heavy atom. The van der Waals surface area contributed by atoms with E-state index in [1.54, 1.807) is 6.08 Å². The summed E-state index contributed by atoms with van der Waals surface area (Å²) in [4.78, 5) is 14.3. The maximum absolute atomic E-state index is 12.4. The first-order valence-corrected chi connectivity index (χ1v) is 7.21. The summed E-state index contributed by atoms with van der Waals surface area (Å²) in [5.74, 6) is 0. The molecular formula is C16H24ClN3O. The number of nitrogens with one attached hydrogen (secondary N) is 2. The van der Waals surface area contributed by atoms with E-state index in [1.165, 1.54) is 0 Å². The molecule has 4 nitrogen and oxygen atoms in total. The monoisotopic (exact) mass is 309 g/mol. The molecule has 1 aromatic rings. The van der Waals surface area contributed by atoms with Crippen molar-refractivity contribution in [1.29, 1.82) is 0 Å². The lowest BCUT2D eigenvalue weighted by Crippen LogP contribution is -2.49. The minimum atomic E-state index is 0. The smallest absolute Gasteiger partial charge is 0.318 e. The van der Waals surface area contributed by atoms with Crippen LogP contribution in [0.3, 0.4) is 0 Å². The van der Waals surface area contributed by atoms with Gasteiger partial charge in [-0.25, -0.2) is 4.79 Å². The second kappa shape index (κ2) is 9.42. The van der Waals surface area contributed by atoms with Gasteiger partial charge < -0.3 is 15.5 Å². The Balaban J connectivity index is 0.00000220. The van der Waals surface area contributed by atoms with E-state index >= 15 is 0 Å². The molecule has 0 atom stereocenters. The van der Waals surface area contributed by atoms with Crippen molar-refractivity contribution < 1.29 is 4.79 Å². The van der Waals surface area contributed by atoms with Crippen LogP contribution in [-0.2, 0) is 6.54 Å². The van der Waals surface area contributed by atoms with Crippen LogP contribution in [0.25, 0.3) is 0 Å². The highest BCUT2D eigenvalue weighted by Gasteiger charge is 2.23. The summed E-state index contributed by atoms with van der Waals surface area (Å²) in [6.07, 6.45) is 3.81. The second-order valence-electron chi connectivity index (χ2n) is 5.07. The highest BCUT2D eigenvalue weighted by molar-refractivity contribution is 5.85. The quantitative estimate of drug-likeness (QED) is 0.821. The van der Waals surface area contributed by atoms with Crippen LogP contribution in [0.5, 0.6) is 0 Å². The molecule has 1 saturated heterocycles. The number of halogens is 1. The Hall–Kier alpha value is -1.52. The van der Waals surface area contributed by atoms with E-state index in [1.807, 2.05) is 35.2 Å². The van der Waals surface area contributed by atoms with Gasteiger partial charge in [0.1, 0.15) is 0 Å². The van der Waals surface area contributed by atoms with E-state index < -0.39 is 0 Å². The predicted octanol–water partition coefficient (Wildman–Crippen LogP) is 2.56. The number of amides is 2. The SMILES string of the molecule is C=CCN(C(=O)NCc1ccccc1)C1CCNCC1.Cl. The van der Waals surface area contributed by atoms with Gasteiger partial charge in [0.25, 0.3) is 0 Å². The molecule has 1 fully saturated rings. The third-order valence-corrected chi connectivity index (χ3v) is 3.62. The largest absolute Gasteiger partial charge is 0.334 e. The van der Waals surface area contributed by atoms with Gasteiger partial charge in [0, 0.05) is 19.1 Å². The molecular weight excluding hydrogens is 286 g/mol. The highest BCUT2D eigenvalue weighted by Crippen LogP contribution is 2.12. The molecule has 0 bridgehead atoms. The van der Waals surface area contributed by atoms with Crippen LogP contribution in [0.1, 0.15) is 18.4 Å². The van der Waals surface area contributed by atoms with Crippen LogP contribution >= 0.6 is 12.4 Å². The van der Waals surface area contributed by atoms with Gasteiger partial charge in [0.05, 0.1) is 0 Å². The summed E-state index contributed by atoms with van der Waals surface area (Å²) in [6.45, 7) is 6.88. The normalized spacial score (nSPS) is 14.9. The van der Waals surface area contributed by atoms with Crippen LogP contribution in [0.15, 0.2) is 43.0 Å². The zero-order valence-electron chi connectivity index (χ0n) is 12.3. The van der Waals surface area contributed by atoms with Gasteiger partial charge in [-0.2, -0.15) is 0 Å². The first-order valence-electron chi connectivity index (χ1n) is 7.21. The van der Waals surface area contributed by atoms with Gasteiger partial charge in [0.2, 0.25) is 0 Å². The van der Waals surface area contributed by atoms with E-state index in [0.717, 1.165) is 31.5 Å². The van der Waals surface area contributed by atoms with E-state index in [0.29, 0.717) is 19.1 Å². The molecule has 0 radical (unpaired) electrons. The van der Waals surface area contributed by atoms with Gasteiger partial charge in [0.15, 0.2) is 0 Å². The zero-order valence-corrected chi connectivity index (χ0v) is 13.1. The lowest BCUT2D eigenvalue weighted by Gasteiger charge is -2.34. The average molecular weight is 310 g/mol. The minimum Gasteiger partial charge on any atom is -0.334 e. The Labute approximate surface area is 133 Å². The van der Waals surface area contributed by atoms with Crippen molar-refractivity contribution >= 4 is 18.4 Å². The van der Waals surface area contributed by atoms with Gasteiger partial charge in [-0.05, 0) is 31.5 Å². The fourth-order valence-electron chi connectivity index (χ4n) is 2.53. The molecule has 0 aliphatic carbocycles. The molecule has 21 heavy (non-hydrogen) atoms. The third kappa shape index (κ3) is 5.40. The van der Waals surface area contributed by atoms with Crippen molar-refractivity contribution in [2.75, 3.05) is 19.6 Å². The van der Waals surface area contributed by atoms with Crippen molar-refractivity contribution in [3.8, 4) is 0 Å². The van der Waals surface area contributed by atoms with E-state index in [2.05, 4.69) is 17.2 Å². The number of hydrogen-bond donors (Lipinski definition) is 2. The number of benzene rings is 1. The Kier molecular flexibility index (Phi) is 7.87. The fourth-order valence-corrected chi connectivity index (χ4v) is 2.53. The van der Waals surface area contributed by atoms with E-state index in [4.69, 9.17) is 0 Å². The fraction of sp³-hybridized carbons (Fsp3) is 0.438. The second-order valence-corrected chi connectivity index (χ2v) is 5.07. The summed E-state index contributed by atoms with van der Waals surface area (Å²) < 4.78 is 0. The Morgan fingerprint density at radius 2 is 2.00 bits per heavy atom. The predicted molar refractivity (Wildman–Crippen MR) is 88.7 cm³/mol. The Bertz CT molecular complexity index is 432. The number of carbonyl (C=O) groups excluding carboxylic acids is 1. The Morgan fingerprint density at radius 3 is 2.62 bits per heavy atom. The molecule has 1 aromatic carbocycles. The molecule has 0 saturated carbocycles. The molecule has 1 aliphatic rings. The van der Waals surface area contributed by atoms with Crippen LogP contribution in [0, 0.1) is 0 Å². The summed E-state index contributed by atoms with van der Waals surface area (Å²) in [6, 6.07) is 10.3. The molecule has 116 valence electrons. The maximum Gasteiger partial charge on any atom is 0.318 e. The summed E-state index contributed by atoms with van der Waals surface area (Å²) in [5, 5.41) is 6.32. The van der Waals surface area contributed by atoms with Crippen molar-refractivity contribution in [3.63, 3.8) is 0 Å². The summed E-state index contributed by atoms with van der Waals surface area (Å²) >= 11 is 0. The first-order chi connectivity index (χ1) is 9.81. The van der Waals surface area contributed by atoms with Crippen molar-refractivity contribution in [2.24, 2.45) is 0 Å². The van der Waals surface area contributed by atoms with Gasteiger partial charge in [-0.3, -0.25) is 0 Å². The van der Waals surface area contributed by atoms with Crippen LogP contribution < -0.4 is 10.6 Å². The molecule has 2 N–H and O–H groups in total. The number of urea groups is 1. The van der Waals surface area contributed by atoms with Crippen LogP contribution in [0.2, 0.25) is 0 Å². The molecule has 2 amide bonds. The number of piperidine rings is 1. The minimum absolute atomic E-state index is 0. The number of hydrogen-bond acceptors (Lipinski definition) is 2. The van der Waals surface area contributed by atoms with Gasteiger partial charge in [-0.15, -0.1) is 19.0 Å². The number of rotatable bonds is 5. The molecule has 0 unspecified atom stereocenters.